The van der Waals surface area contributed by atoms with Crippen LogP contribution in [-0.2, 0) is 14.4 Å². The molecular formula is C20H28N4O4. The minimum atomic E-state index is -1.01. The number of rotatable bonds is 5. The van der Waals surface area contributed by atoms with E-state index in [1.54, 1.807) is 0 Å². The molecule has 2 aliphatic heterocycles. The molecule has 3 rings (SSSR count). The minimum Gasteiger partial charge on any atom is -0.480 e. The molecule has 0 spiro atoms. The topological polar surface area (TPSA) is 102 Å². The molecule has 152 valence electrons. The lowest BCUT2D eigenvalue weighted by atomic mass is 10.0. The molecular weight excluding hydrogens is 360 g/mol. The van der Waals surface area contributed by atoms with E-state index in [1.807, 2.05) is 35.2 Å². The molecule has 2 saturated heterocycles. The van der Waals surface area contributed by atoms with Crippen molar-refractivity contribution in [3.63, 3.8) is 0 Å². The van der Waals surface area contributed by atoms with Crippen LogP contribution < -0.4 is 10.9 Å². The number of carbonyl (C=O) groups excluding carboxylic acids is 2. The monoisotopic (exact) mass is 388 g/mol. The largest absolute Gasteiger partial charge is 0.480 e. The molecule has 1 aromatic carbocycles. The molecule has 2 amide bonds. The number of nitrogens with one attached hydrogen (secondary N) is 2. The number of aliphatic carboxylic acids is 1. The number of carboxylic acid groups (broad SMARTS) is 1. The van der Waals surface area contributed by atoms with E-state index < -0.39 is 5.97 Å². The fourth-order valence-corrected chi connectivity index (χ4v) is 4.10. The van der Waals surface area contributed by atoms with E-state index >= 15 is 0 Å². The maximum absolute atomic E-state index is 13.0. The van der Waals surface area contributed by atoms with Crippen LogP contribution in [-0.4, -0.2) is 64.4 Å². The smallest absolute Gasteiger partial charge is 0.323 e. The summed E-state index contributed by atoms with van der Waals surface area (Å²) in [6.45, 7) is 2.26. The normalized spacial score (nSPS) is 25.2. The Morgan fingerprint density at radius 2 is 1.89 bits per heavy atom. The average Bonchev–Trinajstić information content (AvgIpc) is 3.05. The number of hydrogen-bond donors (Lipinski definition) is 3. The van der Waals surface area contributed by atoms with E-state index in [4.69, 9.17) is 5.11 Å². The summed E-state index contributed by atoms with van der Waals surface area (Å²) in [7, 11) is 0. The molecule has 0 bridgehead atoms. The van der Waals surface area contributed by atoms with Gasteiger partial charge in [0, 0.05) is 32.1 Å². The summed E-state index contributed by atoms with van der Waals surface area (Å²) < 4.78 is 0. The van der Waals surface area contributed by atoms with Crippen molar-refractivity contribution in [2.75, 3.05) is 19.6 Å². The number of amides is 2. The summed E-state index contributed by atoms with van der Waals surface area (Å²) in [5, 5.41) is 9.06. The van der Waals surface area contributed by atoms with Crippen LogP contribution in [0.2, 0.25) is 0 Å². The zero-order valence-corrected chi connectivity index (χ0v) is 16.1. The third-order valence-electron chi connectivity index (χ3n) is 5.56. The van der Waals surface area contributed by atoms with Gasteiger partial charge in [-0.3, -0.25) is 14.4 Å². The molecule has 0 radical (unpaired) electrons. The first-order chi connectivity index (χ1) is 13.5. The van der Waals surface area contributed by atoms with Crippen molar-refractivity contribution < 1.29 is 19.5 Å². The first-order valence-electron chi connectivity index (χ1n) is 9.79. The predicted octanol–water partition coefficient (Wildman–Crippen LogP) is 0.908. The van der Waals surface area contributed by atoms with Crippen molar-refractivity contribution in [1.29, 1.82) is 0 Å². The Kier molecular flexibility index (Phi) is 6.64. The van der Waals surface area contributed by atoms with Crippen molar-refractivity contribution in [2.24, 2.45) is 0 Å². The fraction of sp³-hybridized carbons (Fsp3) is 0.550. The summed E-state index contributed by atoms with van der Waals surface area (Å²) in [5.74, 6) is -1.20. The molecule has 8 nitrogen and oxygen atoms in total. The third kappa shape index (κ3) is 4.88. The first kappa shape index (κ1) is 20.3. The predicted molar refractivity (Wildman–Crippen MR) is 103 cm³/mol. The Bertz CT molecular complexity index is 711. The first-order valence-corrected chi connectivity index (χ1v) is 9.79. The lowest BCUT2D eigenvalue weighted by Crippen LogP contribution is -2.46. The summed E-state index contributed by atoms with van der Waals surface area (Å²) in [5.41, 5.74) is 7.47. The highest BCUT2D eigenvalue weighted by atomic mass is 16.4. The lowest BCUT2D eigenvalue weighted by molar-refractivity contribution is -0.145. The molecule has 8 heteroatoms. The van der Waals surface area contributed by atoms with Crippen LogP contribution in [0.15, 0.2) is 30.3 Å². The number of nitrogens with zero attached hydrogens (tertiary/aromatic N) is 2. The molecule has 2 fully saturated rings. The molecule has 3 N–H and O–H groups in total. The van der Waals surface area contributed by atoms with E-state index in [-0.39, 0.29) is 36.5 Å². The highest BCUT2D eigenvalue weighted by Crippen LogP contribution is 2.24. The van der Waals surface area contributed by atoms with Crippen molar-refractivity contribution in [3.8, 4) is 0 Å². The van der Waals surface area contributed by atoms with Gasteiger partial charge < -0.3 is 14.9 Å². The van der Waals surface area contributed by atoms with Crippen LogP contribution in [0, 0.1) is 0 Å². The highest BCUT2D eigenvalue weighted by Gasteiger charge is 2.34. The van der Waals surface area contributed by atoms with Gasteiger partial charge in [-0.15, -0.1) is 0 Å². The van der Waals surface area contributed by atoms with E-state index in [2.05, 4.69) is 10.9 Å². The molecule has 0 aromatic heterocycles. The number of carbonyl (C=O) groups is 3. The molecule has 3 atom stereocenters. The van der Waals surface area contributed by atoms with Gasteiger partial charge in [0.2, 0.25) is 11.8 Å². The standard InChI is InChI=1S/C20H28N4O4/c1-14(25)24(13-19(26)27)16-8-5-10-23(11-9-16)20(28)18-12-17(21-22-18)15-6-3-2-4-7-15/h2-4,6-7,16-18,21-22H,5,8-13H2,1H3,(H,26,27). The molecule has 3 unspecified atom stereocenters. The highest BCUT2D eigenvalue weighted by molar-refractivity contribution is 5.82. The Balaban J connectivity index is 1.57. The Morgan fingerprint density at radius 1 is 1.14 bits per heavy atom. The fourth-order valence-electron chi connectivity index (χ4n) is 4.10. The third-order valence-corrected chi connectivity index (χ3v) is 5.56. The second kappa shape index (κ2) is 9.16. The molecule has 0 aliphatic carbocycles. The van der Waals surface area contributed by atoms with Crippen molar-refractivity contribution in [2.45, 2.75) is 50.7 Å². The van der Waals surface area contributed by atoms with E-state index in [1.165, 1.54) is 11.8 Å². The molecule has 2 heterocycles. The maximum Gasteiger partial charge on any atom is 0.323 e. The Hall–Kier alpha value is -2.45. The van der Waals surface area contributed by atoms with Gasteiger partial charge in [-0.1, -0.05) is 30.3 Å². The Labute approximate surface area is 164 Å². The zero-order valence-electron chi connectivity index (χ0n) is 16.1. The van der Waals surface area contributed by atoms with Crippen LogP contribution in [0.1, 0.15) is 44.2 Å². The number of hydrogen-bond acceptors (Lipinski definition) is 5. The number of carboxylic acids is 1. The second-order valence-electron chi connectivity index (χ2n) is 7.49. The number of benzene rings is 1. The van der Waals surface area contributed by atoms with Gasteiger partial charge >= 0.3 is 5.97 Å². The quantitative estimate of drug-likeness (QED) is 0.693. The summed E-state index contributed by atoms with van der Waals surface area (Å²) in [6, 6.07) is 9.69. The van der Waals surface area contributed by atoms with Crippen molar-refractivity contribution >= 4 is 17.8 Å². The lowest BCUT2D eigenvalue weighted by Gasteiger charge is -2.29. The molecule has 28 heavy (non-hydrogen) atoms. The van der Waals surface area contributed by atoms with E-state index in [0.29, 0.717) is 32.4 Å². The second-order valence-corrected chi connectivity index (χ2v) is 7.49. The van der Waals surface area contributed by atoms with Crippen LogP contribution in [0.5, 0.6) is 0 Å². The molecule has 2 aliphatic rings. The van der Waals surface area contributed by atoms with Gasteiger partial charge in [0.15, 0.2) is 0 Å². The van der Waals surface area contributed by atoms with Crippen molar-refractivity contribution in [1.82, 2.24) is 20.7 Å². The van der Waals surface area contributed by atoms with E-state index in [9.17, 15) is 14.4 Å². The van der Waals surface area contributed by atoms with Gasteiger partial charge in [-0.25, -0.2) is 10.9 Å². The summed E-state index contributed by atoms with van der Waals surface area (Å²) >= 11 is 0. The number of hydrazine groups is 1. The van der Waals surface area contributed by atoms with Gasteiger partial charge in [0.25, 0.3) is 0 Å². The van der Waals surface area contributed by atoms with Crippen LogP contribution >= 0.6 is 0 Å². The molecule has 0 saturated carbocycles. The van der Waals surface area contributed by atoms with Crippen LogP contribution in [0.3, 0.4) is 0 Å². The maximum atomic E-state index is 13.0. The zero-order chi connectivity index (χ0) is 20.1. The SMILES string of the molecule is CC(=O)N(CC(=O)O)C1CCCN(C(=O)C2CC(c3ccccc3)NN2)CC1. The minimum absolute atomic E-state index is 0.0548. The average molecular weight is 388 g/mol. The molecule has 1 aromatic rings. The number of likely N-dealkylation sites (tertiary alicyclic amines) is 1. The van der Waals surface area contributed by atoms with E-state index in [0.717, 1.165) is 12.0 Å². The van der Waals surface area contributed by atoms with Gasteiger partial charge in [-0.2, -0.15) is 0 Å². The van der Waals surface area contributed by atoms with Crippen LogP contribution in [0.4, 0.5) is 0 Å². The van der Waals surface area contributed by atoms with Crippen LogP contribution in [0.25, 0.3) is 0 Å². The summed E-state index contributed by atoms with van der Waals surface area (Å²) in [6.07, 6.45) is 2.74. The Morgan fingerprint density at radius 3 is 2.57 bits per heavy atom. The van der Waals surface area contributed by atoms with Gasteiger partial charge in [-0.05, 0) is 31.2 Å². The van der Waals surface area contributed by atoms with Gasteiger partial charge in [0.1, 0.15) is 12.6 Å². The van der Waals surface area contributed by atoms with Gasteiger partial charge in [0.05, 0.1) is 0 Å². The van der Waals surface area contributed by atoms with Crippen molar-refractivity contribution in [3.05, 3.63) is 35.9 Å². The summed E-state index contributed by atoms with van der Waals surface area (Å²) in [4.78, 5) is 39.1.